The van der Waals surface area contributed by atoms with E-state index in [9.17, 15) is 4.79 Å². The van der Waals surface area contributed by atoms with Crippen molar-refractivity contribution in [1.82, 2.24) is 0 Å². The quantitative estimate of drug-likeness (QED) is 0.580. The summed E-state index contributed by atoms with van der Waals surface area (Å²) in [6.07, 6.45) is 8.26. The zero-order chi connectivity index (χ0) is 11.8. The van der Waals surface area contributed by atoms with Gasteiger partial charge in [0.2, 0.25) is 0 Å². The molecule has 1 aliphatic carbocycles. The van der Waals surface area contributed by atoms with Gasteiger partial charge in [0.1, 0.15) is 0 Å². The molecule has 0 radical (unpaired) electrons. The van der Waals surface area contributed by atoms with Gasteiger partial charge in [0.15, 0.2) is 0 Å². The largest absolute Gasteiger partial charge is 0.466 e. The Morgan fingerprint density at radius 3 is 2.44 bits per heavy atom. The maximum Gasteiger partial charge on any atom is 0.306 e. The lowest BCUT2D eigenvalue weighted by Crippen LogP contribution is -2.26. The van der Waals surface area contributed by atoms with E-state index in [-0.39, 0.29) is 5.97 Å². The normalized spacial score (nSPS) is 20.1. The van der Waals surface area contributed by atoms with E-state index in [4.69, 9.17) is 10.5 Å². The number of hydrogen-bond acceptors (Lipinski definition) is 3. The second-order valence-electron chi connectivity index (χ2n) is 4.76. The average molecular weight is 227 g/mol. The first-order chi connectivity index (χ1) is 7.77. The Balaban J connectivity index is 2.41. The van der Waals surface area contributed by atoms with E-state index in [0.29, 0.717) is 31.4 Å². The second-order valence-corrected chi connectivity index (χ2v) is 4.76. The number of nitrogens with two attached hydrogens (primary N) is 1. The highest BCUT2D eigenvalue weighted by atomic mass is 16.5. The highest BCUT2D eigenvalue weighted by molar-refractivity contribution is 5.69. The summed E-state index contributed by atoms with van der Waals surface area (Å²) in [4.78, 5) is 11.5. The van der Waals surface area contributed by atoms with E-state index in [0.717, 1.165) is 0 Å². The van der Waals surface area contributed by atoms with Crippen LogP contribution in [0.5, 0.6) is 0 Å². The standard InChI is InChI=1S/C13H25NO2/c1-2-16-13(15)9-12(10-14)11-7-5-3-4-6-8-11/h11-12H,2-10,14H2,1H3/t12-/m1/s1. The summed E-state index contributed by atoms with van der Waals surface area (Å²) in [6.45, 7) is 2.94. The zero-order valence-electron chi connectivity index (χ0n) is 10.4. The monoisotopic (exact) mass is 227 g/mol. The summed E-state index contributed by atoms with van der Waals surface area (Å²) in [5.41, 5.74) is 5.79. The van der Waals surface area contributed by atoms with Crippen LogP contribution in [0.4, 0.5) is 0 Å². The Morgan fingerprint density at radius 1 is 1.31 bits per heavy atom. The third kappa shape index (κ3) is 4.52. The van der Waals surface area contributed by atoms with Gasteiger partial charge in [-0.1, -0.05) is 38.5 Å². The maximum absolute atomic E-state index is 11.5. The van der Waals surface area contributed by atoms with Crippen molar-refractivity contribution >= 4 is 5.97 Å². The van der Waals surface area contributed by atoms with Crippen molar-refractivity contribution in [3.05, 3.63) is 0 Å². The molecule has 1 aliphatic rings. The molecule has 3 nitrogen and oxygen atoms in total. The fourth-order valence-corrected chi connectivity index (χ4v) is 2.66. The molecule has 1 fully saturated rings. The smallest absolute Gasteiger partial charge is 0.306 e. The van der Waals surface area contributed by atoms with Crippen molar-refractivity contribution in [2.24, 2.45) is 17.6 Å². The lowest BCUT2D eigenvalue weighted by atomic mass is 9.84. The van der Waals surface area contributed by atoms with Crippen molar-refractivity contribution in [2.45, 2.75) is 51.9 Å². The zero-order valence-corrected chi connectivity index (χ0v) is 10.4. The molecule has 0 spiro atoms. The highest BCUT2D eigenvalue weighted by Gasteiger charge is 2.24. The topological polar surface area (TPSA) is 52.3 Å². The molecule has 94 valence electrons. The Hall–Kier alpha value is -0.570. The molecule has 0 saturated heterocycles. The molecule has 0 aromatic heterocycles. The molecule has 0 heterocycles. The molecule has 1 rings (SSSR count). The van der Waals surface area contributed by atoms with Crippen LogP contribution in [0.2, 0.25) is 0 Å². The average Bonchev–Trinajstić information content (AvgIpc) is 2.55. The Morgan fingerprint density at radius 2 is 1.94 bits per heavy atom. The third-order valence-electron chi connectivity index (χ3n) is 3.60. The van der Waals surface area contributed by atoms with Gasteiger partial charge >= 0.3 is 5.97 Å². The van der Waals surface area contributed by atoms with E-state index >= 15 is 0 Å². The number of rotatable bonds is 5. The molecule has 0 bridgehead atoms. The summed E-state index contributed by atoms with van der Waals surface area (Å²) in [5, 5.41) is 0. The van der Waals surface area contributed by atoms with E-state index < -0.39 is 0 Å². The van der Waals surface area contributed by atoms with Gasteiger partial charge in [0.05, 0.1) is 6.61 Å². The first-order valence-corrected chi connectivity index (χ1v) is 6.63. The van der Waals surface area contributed by atoms with E-state index in [1.807, 2.05) is 6.92 Å². The van der Waals surface area contributed by atoms with Crippen LogP contribution >= 0.6 is 0 Å². The summed E-state index contributed by atoms with van der Waals surface area (Å²) in [7, 11) is 0. The van der Waals surface area contributed by atoms with Gasteiger partial charge in [0.25, 0.3) is 0 Å². The Labute approximate surface area is 98.7 Å². The minimum Gasteiger partial charge on any atom is -0.466 e. The van der Waals surface area contributed by atoms with Gasteiger partial charge in [-0.25, -0.2) is 0 Å². The molecular formula is C13H25NO2. The molecule has 1 saturated carbocycles. The molecule has 16 heavy (non-hydrogen) atoms. The minimum atomic E-state index is -0.0813. The van der Waals surface area contributed by atoms with Crippen molar-refractivity contribution in [2.75, 3.05) is 13.2 Å². The first kappa shape index (κ1) is 13.5. The third-order valence-corrected chi connectivity index (χ3v) is 3.60. The molecule has 0 amide bonds. The molecule has 0 unspecified atom stereocenters. The van der Waals surface area contributed by atoms with Crippen LogP contribution in [0.3, 0.4) is 0 Å². The van der Waals surface area contributed by atoms with Crippen LogP contribution in [0.15, 0.2) is 0 Å². The van der Waals surface area contributed by atoms with Crippen LogP contribution in [0.1, 0.15) is 51.9 Å². The molecule has 2 N–H and O–H groups in total. The number of hydrogen-bond donors (Lipinski definition) is 1. The van der Waals surface area contributed by atoms with Gasteiger partial charge in [-0.15, -0.1) is 0 Å². The van der Waals surface area contributed by atoms with Gasteiger partial charge in [0, 0.05) is 6.42 Å². The molecule has 3 heteroatoms. The second kappa shape index (κ2) is 7.66. The maximum atomic E-state index is 11.5. The van der Waals surface area contributed by atoms with Crippen molar-refractivity contribution in [1.29, 1.82) is 0 Å². The van der Waals surface area contributed by atoms with Crippen LogP contribution in [0, 0.1) is 11.8 Å². The highest BCUT2D eigenvalue weighted by Crippen LogP contribution is 2.30. The predicted octanol–water partition coefficient (Wildman–Crippen LogP) is 2.48. The van der Waals surface area contributed by atoms with Crippen LogP contribution < -0.4 is 5.73 Å². The van der Waals surface area contributed by atoms with Crippen LogP contribution in [-0.2, 0) is 9.53 Å². The number of ether oxygens (including phenoxy) is 1. The molecule has 0 aliphatic heterocycles. The van der Waals surface area contributed by atoms with Crippen molar-refractivity contribution in [3.8, 4) is 0 Å². The molecular weight excluding hydrogens is 202 g/mol. The molecule has 0 aromatic carbocycles. The number of esters is 1. The summed E-state index contributed by atoms with van der Waals surface area (Å²) < 4.78 is 5.00. The summed E-state index contributed by atoms with van der Waals surface area (Å²) in [6, 6.07) is 0. The number of carbonyl (C=O) groups is 1. The molecule has 0 aromatic rings. The molecule has 1 atom stereocenters. The van der Waals surface area contributed by atoms with Crippen molar-refractivity contribution < 1.29 is 9.53 Å². The predicted molar refractivity (Wildman–Crippen MR) is 65.0 cm³/mol. The van der Waals surface area contributed by atoms with Crippen LogP contribution in [0.25, 0.3) is 0 Å². The number of carbonyl (C=O) groups excluding carboxylic acids is 1. The van der Waals surface area contributed by atoms with Gasteiger partial charge in [-0.3, -0.25) is 4.79 Å². The SMILES string of the molecule is CCOC(=O)C[C@H](CN)C1CCCCCC1. The summed E-state index contributed by atoms with van der Waals surface area (Å²) in [5.74, 6) is 0.885. The van der Waals surface area contributed by atoms with E-state index in [2.05, 4.69) is 0 Å². The first-order valence-electron chi connectivity index (χ1n) is 6.63. The van der Waals surface area contributed by atoms with Gasteiger partial charge in [-0.05, 0) is 25.3 Å². The lowest BCUT2D eigenvalue weighted by molar-refractivity contribution is -0.144. The Bertz CT molecular complexity index is 198. The van der Waals surface area contributed by atoms with E-state index in [1.165, 1.54) is 38.5 Å². The van der Waals surface area contributed by atoms with Gasteiger partial charge < -0.3 is 10.5 Å². The minimum absolute atomic E-state index is 0.0813. The van der Waals surface area contributed by atoms with Gasteiger partial charge in [-0.2, -0.15) is 0 Å². The Kier molecular flexibility index (Phi) is 6.46. The van der Waals surface area contributed by atoms with Crippen molar-refractivity contribution in [3.63, 3.8) is 0 Å². The van der Waals surface area contributed by atoms with E-state index in [1.54, 1.807) is 0 Å². The fourth-order valence-electron chi connectivity index (χ4n) is 2.66. The van der Waals surface area contributed by atoms with Crippen LogP contribution in [-0.4, -0.2) is 19.1 Å². The fraction of sp³-hybridized carbons (Fsp3) is 0.923. The summed E-state index contributed by atoms with van der Waals surface area (Å²) >= 11 is 0. The lowest BCUT2D eigenvalue weighted by Gasteiger charge is -2.23.